The molecule has 0 spiro atoms. The predicted octanol–water partition coefficient (Wildman–Crippen LogP) is -0.375. The summed E-state index contributed by atoms with van der Waals surface area (Å²) in [5.41, 5.74) is -0.251. The molecule has 0 saturated heterocycles. The van der Waals surface area contributed by atoms with Gasteiger partial charge < -0.3 is 9.52 Å². The second-order valence-electron chi connectivity index (χ2n) is 2.00. The van der Waals surface area contributed by atoms with Crippen molar-refractivity contribution >= 4 is 16.0 Å². The van der Waals surface area contributed by atoms with Crippen LogP contribution in [0.15, 0.2) is 21.8 Å². The van der Waals surface area contributed by atoms with Crippen molar-refractivity contribution < 1.29 is 22.7 Å². The molecule has 0 bridgehead atoms. The summed E-state index contributed by atoms with van der Waals surface area (Å²) in [6.45, 7) is 0. The van der Waals surface area contributed by atoms with Gasteiger partial charge in [-0.2, -0.15) is 0 Å². The first kappa shape index (κ1) is 8.75. The highest BCUT2D eigenvalue weighted by atomic mass is 32.2. The van der Waals surface area contributed by atoms with Gasteiger partial charge in [-0.25, -0.2) is 18.4 Å². The normalized spacial score (nSPS) is 11.4. The first-order valence-corrected chi connectivity index (χ1v) is 4.30. The van der Waals surface area contributed by atoms with E-state index < -0.39 is 21.1 Å². The molecular weight excluding hydrogens is 186 g/mol. The number of carboxylic acid groups (broad SMARTS) is 1. The summed E-state index contributed by atoms with van der Waals surface area (Å²) in [5, 5.41) is 12.5. The van der Waals surface area contributed by atoms with Gasteiger partial charge in [0.05, 0.1) is 5.56 Å². The highest BCUT2D eigenvalue weighted by Crippen LogP contribution is 2.11. The molecule has 7 heteroatoms. The third-order valence-corrected chi connectivity index (χ3v) is 1.88. The van der Waals surface area contributed by atoms with Gasteiger partial charge in [-0.3, -0.25) is 0 Å². The zero-order valence-corrected chi connectivity index (χ0v) is 6.54. The van der Waals surface area contributed by atoms with Gasteiger partial charge in [-0.15, -0.1) is 0 Å². The summed E-state index contributed by atoms with van der Waals surface area (Å²) in [6.07, 6.45) is 0.808. The Hall–Kier alpha value is -1.34. The molecule has 1 heterocycles. The molecule has 0 aliphatic heterocycles. The Bertz CT molecular complexity index is 403. The minimum atomic E-state index is -3.95. The van der Waals surface area contributed by atoms with Gasteiger partial charge in [0, 0.05) is 6.07 Å². The number of carboxylic acids is 1. The van der Waals surface area contributed by atoms with E-state index in [2.05, 4.69) is 9.56 Å². The average molecular weight is 191 g/mol. The Morgan fingerprint density at radius 2 is 2.17 bits per heavy atom. The molecule has 0 radical (unpaired) electrons. The third kappa shape index (κ3) is 1.63. The van der Waals surface area contributed by atoms with Crippen molar-refractivity contribution in [3.8, 4) is 0 Å². The molecule has 1 aromatic heterocycles. The predicted molar refractivity (Wildman–Crippen MR) is 37.0 cm³/mol. The molecule has 1 rings (SSSR count). The number of sulfonamides is 1. The summed E-state index contributed by atoms with van der Waals surface area (Å²) in [5.74, 6) is -1.27. The smallest absolute Gasteiger partial charge is 0.339 e. The van der Waals surface area contributed by atoms with Gasteiger partial charge in [0.15, 0.2) is 0 Å². The van der Waals surface area contributed by atoms with E-state index >= 15 is 0 Å². The zero-order chi connectivity index (χ0) is 9.35. The zero-order valence-electron chi connectivity index (χ0n) is 5.72. The highest BCUT2D eigenvalue weighted by Gasteiger charge is 2.15. The quantitative estimate of drug-likeness (QED) is 0.662. The molecule has 0 fully saturated rings. The topological polar surface area (TPSA) is 111 Å². The summed E-state index contributed by atoms with van der Waals surface area (Å²) >= 11 is 0. The number of hydrogen-bond donors (Lipinski definition) is 2. The van der Waals surface area contributed by atoms with Crippen LogP contribution in [0.25, 0.3) is 0 Å². The minimum absolute atomic E-state index is 0.251. The number of aromatic carboxylic acids is 1. The Labute approximate surface area is 67.6 Å². The van der Waals surface area contributed by atoms with E-state index in [1.807, 2.05) is 0 Å². The van der Waals surface area contributed by atoms with Crippen LogP contribution >= 0.6 is 0 Å². The van der Waals surface area contributed by atoms with Crippen LogP contribution in [0, 0.1) is 0 Å². The van der Waals surface area contributed by atoms with Crippen molar-refractivity contribution in [3.63, 3.8) is 0 Å². The molecule has 0 aromatic carbocycles. The fourth-order valence-corrected chi connectivity index (χ4v) is 1.05. The van der Waals surface area contributed by atoms with Crippen molar-refractivity contribution in [1.29, 1.82) is 0 Å². The fourth-order valence-electron chi connectivity index (χ4n) is 0.578. The van der Waals surface area contributed by atoms with E-state index in [1.165, 1.54) is 0 Å². The van der Waals surface area contributed by atoms with Crippen LogP contribution in [0.1, 0.15) is 10.4 Å². The van der Waals surface area contributed by atoms with E-state index in [9.17, 15) is 13.2 Å². The molecule has 0 aliphatic rings. The lowest BCUT2D eigenvalue weighted by Gasteiger charge is -1.86. The number of hydrogen-bond acceptors (Lipinski definition) is 4. The van der Waals surface area contributed by atoms with Crippen molar-refractivity contribution in [2.75, 3.05) is 0 Å². The van der Waals surface area contributed by atoms with Crippen LogP contribution in [0.4, 0.5) is 0 Å². The largest absolute Gasteiger partial charge is 0.478 e. The van der Waals surface area contributed by atoms with Gasteiger partial charge in [-0.1, -0.05) is 0 Å². The molecule has 66 valence electrons. The fraction of sp³-hybridized carbons (Fsp3) is 0. The van der Waals surface area contributed by atoms with Gasteiger partial charge in [0.25, 0.3) is 10.0 Å². The van der Waals surface area contributed by atoms with Crippen molar-refractivity contribution in [2.45, 2.75) is 5.09 Å². The molecule has 6 nitrogen and oxygen atoms in total. The van der Waals surface area contributed by atoms with E-state index in [1.54, 1.807) is 0 Å². The first-order valence-electron chi connectivity index (χ1n) is 2.76. The standard InChI is InChI=1S/C5H5NO5S/c6-12(9,10)4-1-3(2-11-4)5(7)8/h1-2H,(H,7,8)(H2,6,9,10). The van der Waals surface area contributed by atoms with Gasteiger partial charge in [0.1, 0.15) is 6.26 Å². The Morgan fingerprint density at radius 1 is 1.58 bits per heavy atom. The van der Waals surface area contributed by atoms with Crippen LogP contribution < -0.4 is 5.14 Å². The van der Waals surface area contributed by atoms with Crippen LogP contribution in [0.5, 0.6) is 0 Å². The van der Waals surface area contributed by atoms with Crippen LogP contribution in [0.2, 0.25) is 0 Å². The van der Waals surface area contributed by atoms with Crippen LogP contribution in [-0.4, -0.2) is 19.5 Å². The number of primary sulfonamides is 1. The maximum Gasteiger partial charge on any atom is 0.339 e. The van der Waals surface area contributed by atoms with E-state index in [0.717, 1.165) is 12.3 Å². The third-order valence-electron chi connectivity index (χ3n) is 1.10. The summed E-state index contributed by atoms with van der Waals surface area (Å²) in [4.78, 5) is 10.2. The number of rotatable bonds is 2. The van der Waals surface area contributed by atoms with E-state index in [0.29, 0.717) is 0 Å². The highest BCUT2D eigenvalue weighted by molar-refractivity contribution is 7.89. The second-order valence-corrected chi connectivity index (χ2v) is 3.50. The van der Waals surface area contributed by atoms with Crippen LogP contribution in [0.3, 0.4) is 0 Å². The Kier molecular flexibility index (Phi) is 1.90. The second kappa shape index (κ2) is 2.61. The minimum Gasteiger partial charge on any atom is -0.478 e. The SMILES string of the molecule is NS(=O)(=O)c1cc(C(=O)O)co1. The summed E-state index contributed by atoms with van der Waals surface area (Å²) in [6, 6.07) is 0.845. The van der Waals surface area contributed by atoms with E-state index in [4.69, 9.17) is 5.11 Å². The van der Waals surface area contributed by atoms with Crippen molar-refractivity contribution in [1.82, 2.24) is 0 Å². The summed E-state index contributed by atoms with van der Waals surface area (Å²) in [7, 11) is -3.95. The number of furan rings is 1. The maximum absolute atomic E-state index is 10.6. The average Bonchev–Trinajstić information content (AvgIpc) is 2.30. The molecule has 0 saturated carbocycles. The number of nitrogens with two attached hydrogens (primary N) is 1. The van der Waals surface area contributed by atoms with Crippen molar-refractivity contribution in [3.05, 3.63) is 17.9 Å². The number of carbonyl (C=O) groups is 1. The Balaban J connectivity index is 3.17. The molecule has 3 N–H and O–H groups in total. The summed E-state index contributed by atoms with van der Waals surface area (Å²) < 4.78 is 25.5. The lowest BCUT2D eigenvalue weighted by molar-refractivity contribution is 0.0696. The Morgan fingerprint density at radius 3 is 2.42 bits per heavy atom. The van der Waals surface area contributed by atoms with Crippen molar-refractivity contribution in [2.24, 2.45) is 5.14 Å². The molecule has 1 aromatic rings. The van der Waals surface area contributed by atoms with Gasteiger partial charge in [-0.05, 0) is 0 Å². The molecule has 0 unspecified atom stereocenters. The monoisotopic (exact) mass is 191 g/mol. The van der Waals surface area contributed by atoms with Crippen LogP contribution in [-0.2, 0) is 10.0 Å². The van der Waals surface area contributed by atoms with Gasteiger partial charge in [0.2, 0.25) is 5.09 Å². The van der Waals surface area contributed by atoms with E-state index in [-0.39, 0.29) is 5.56 Å². The maximum atomic E-state index is 10.6. The first-order chi connectivity index (χ1) is 5.41. The lowest BCUT2D eigenvalue weighted by atomic mass is 10.4. The molecule has 0 amide bonds. The molecular formula is C5H5NO5S. The van der Waals surface area contributed by atoms with Gasteiger partial charge >= 0.3 is 5.97 Å². The molecule has 12 heavy (non-hydrogen) atoms. The molecule has 0 atom stereocenters. The lowest BCUT2D eigenvalue weighted by Crippen LogP contribution is -2.10. The molecule has 0 aliphatic carbocycles.